The highest BCUT2D eigenvalue weighted by Crippen LogP contribution is 2.10. The first-order chi connectivity index (χ1) is 9.41. The van der Waals surface area contributed by atoms with E-state index in [1.165, 1.54) is 89.9 Å². The van der Waals surface area contributed by atoms with Crippen molar-refractivity contribution in [2.45, 2.75) is 96.8 Å². The van der Waals surface area contributed by atoms with Gasteiger partial charge in [-0.05, 0) is 37.9 Å². The van der Waals surface area contributed by atoms with Gasteiger partial charge in [0.25, 0.3) is 0 Å². The molecule has 0 saturated carbocycles. The van der Waals surface area contributed by atoms with Gasteiger partial charge in [-0.15, -0.1) is 0 Å². The molecule has 114 valence electrons. The minimum absolute atomic E-state index is 1.07. The number of hydrogen-bond acceptors (Lipinski definition) is 1. The molecule has 0 fully saturated rings. The van der Waals surface area contributed by atoms with E-state index in [9.17, 15) is 0 Å². The fourth-order valence-corrected chi connectivity index (χ4v) is 2.58. The Balaban J connectivity index is 0.000000443. The third-order valence-corrected chi connectivity index (χ3v) is 3.99. The third-order valence-electron chi connectivity index (χ3n) is 3.67. The third kappa shape index (κ3) is 18.1. The van der Waals surface area contributed by atoms with Crippen LogP contribution in [0.3, 0.4) is 0 Å². The average molecular weight is 285 g/mol. The van der Waals surface area contributed by atoms with Gasteiger partial charge in [0.05, 0.1) is 0 Å². The monoisotopic (exact) mass is 284 g/mol. The molecule has 0 N–H and O–H groups in total. The Morgan fingerprint density at radius 2 is 1.11 bits per heavy atom. The van der Waals surface area contributed by atoms with Crippen molar-refractivity contribution < 1.29 is 0 Å². The second-order valence-corrected chi connectivity index (χ2v) is 6.11. The Morgan fingerprint density at radius 3 is 1.42 bits per heavy atom. The van der Waals surface area contributed by atoms with Crippen LogP contribution < -0.4 is 0 Å². The van der Waals surface area contributed by atoms with Gasteiger partial charge in [-0.2, -0.15) is 12.6 Å². The zero-order valence-corrected chi connectivity index (χ0v) is 14.1. The largest absolute Gasteiger partial charge is 0.179 e. The summed E-state index contributed by atoms with van der Waals surface area (Å²) in [5.74, 6) is 1.07. The predicted molar refractivity (Wildman–Crippen MR) is 93.3 cm³/mol. The molecular weight excluding hydrogens is 248 g/mol. The van der Waals surface area contributed by atoms with Gasteiger partial charge in [0.2, 0.25) is 0 Å². The average Bonchev–Trinajstić information content (AvgIpc) is 2.48. The number of allylic oxidation sites excluding steroid dienone is 2. The van der Waals surface area contributed by atoms with Crippen LogP contribution in [0.4, 0.5) is 0 Å². The fraction of sp³-hybridized carbons (Fsp3) is 0.889. The van der Waals surface area contributed by atoms with Crippen molar-refractivity contribution in [2.75, 3.05) is 5.75 Å². The van der Waals surface area contributed by atoms with Gasteiger partial charge < -0.3 is 0 Å². The topological polar surface area (TPSA) is 0 Å². The molecule has 0 saturated heterocycles. The van der Waals surface area contributed by atoms with Gasteiger partial charge in [0.15, 0.2) is 0 Å². The maximum Gasteiger partial charge on any atom is -0.00979 e. The quantitative estimate of drug-likeness (QED) is 0.250. The van der Waals surface area contributed by atoms with Crippen LogP contribution in [-0.4, -0.2) is 5.75 Å². The van der Waals surface area contributed by atoms with Crippen molar-refractivity contribution in [3.05, 3.63) is 12.2 Å². The van der Waals surface area contributed by atoms with E-state index in [1.807, 2.05) is 0 Å². The highest BCUT2D eigenvalue weighted by Gasteiger charge is 1.91. The Hall–Kier alpha value is 0.0900. The lowest BCUT2D eigenvalue weighted by molar-refractivity contribution is 0.563. The van der Waals surface area contributed by atoms with Gasteiger partial charge in [0.1, 0.15) is 0 Å². The van der Waals surface area contributed by atoms with Crippen LogP contribution in [-0.2, 0) is 0 Å². The molecule has 0 aromatic carbocycles. The van der Waals surface area contributed by atoms with Crippen LogP contribution >= 0.6 is 12.6 Å². The minimum atomic E-state index is 1.07. The predicted octanol–water partition coefficient (Wildman–Crippen LogP) is 6.95. The van der Waals surface area contributed by atoms with E-state index in [2.05, 4.69) is 31.7 Å². The lowest BCUT2D eigenvalue weighted by Gasteiger charge is -2.00. The van der Waals surface area contributed by atoms with E-state index in [-0.39, 0.29) is 0 Å². The molecule has 0 spiro atoms. The number of unbranched alkanes of at least 4 members (excludes halogenated alkanes) is 9. The molecule has 0 amide bonds. The van der Waals surface area contributed by atoms with Crippen molar-refractivity contribution >= 4 is 12.6 Å². The molecular formula is C18H36S. The Kier molecular flexibility index (Phi) is 18.2. The minimum Gasteiger partial charge on any atom is -0.179 e. The summed E-state index contributed by atoms with van der Waals surface area (Å²) in [6.45, 7) is 2.28. The van der Waals surface area contributed by atoms with Crippen LogP contribution in [0.1, 0.15) is 96.8 Å². The molecule has 0 aromatic rings. The molecule has 19 heavy (non-hydrogen) atoms. The molecule has 0 unspecified atom stereocenters. The van der Waals surface area contributed by atoms with Crippen LogP contribution in [0.5, 0.6) is 0 Å². The van der Waals surface area contributed by atoms with Gasteiger partial charge in [0, 0.05) is 0 Å². The van der Waals surface area contributed by atoms with Crippen LogP contribution in [0.25, 0.3) is 0 Å². The van der Waals surface area contributed by atoms with E-state index in [0.717, 1.165) is 5.75 Å². The van der Waals surface area contributed by atoms with E-state index in [1.54, 1.807) is 0 Å². The summed E-state index contributed by atoms with van der Waals surface area (Å²) in [5, 5.41) is 0. The first-order valence-electron chi connectivity index (χ1n) is 8.67. The molecule has 1 aliphatic carbocycles. The second kappa shape index (κ2) is 18.1. The highest BCUT2D eigenvalue weighted by atomic mass is 32.1. The van der Waals surface area contributed by atoms with Gasteiger partial charge in [-0.3, -0.25) is 0 Å². The van der Waals surface area contributed by atoms with E-state index >= 15 is 0 Å². The zero-order valence-electron chi connectivity index (χ0n) is 13.2. The molecule has 1 aliphatic rings. The van der Waals surface area contributed by atoms with Crippen molar-refractivity contribution in [3.8, 4) is 0 Å². The Morgan fingerprint density at radius 1 is 0.684 bits per heavy atom. The normalized spacial score (nSPS) is 14.0. The first-order valence-corrected chi connectivity index (χ1v) is 9.31. The van der Waals surface area contributed by atoms with E-state index < -0.39 is 0 Å². The number of hydrogen-bond donors (Lipinski definition) is 1. The summed E-state index contributed by atoms with van der Waals surface area (Å²) < 4.78 is 0. The summed E-state index contributed by atoms with van der Waals surface area (Å²) in [6, 6.07) is 0. The summed E-state index contributed by atoms with van der Waals surface area (Å²) >= 11 is 4.20. The highest BCUT2D eigenvalue weighted by molar-refractivity contribution is 7.80. The molecule has 1 rings (SSSR count). The Labute approximate surface area is 127 Å². The first kappa shape index (κ1) is 19.1. The van der Waals surface area contributed by atoms with E-state index in [4.69, 9.17) is 0 Å². The molecule has 0 nitrogen and oxygen atoms in total. The van der Waals surface area contributed by atoms with Crippen molar-refractivity contribution in [1.29, 1.82) is 0 Å². The summed E-state index contributed by atoms with van der Waals surface area (Å²) in [6.07, 6.45) is 24.2. The standard InChI is InChI=1S/C12H26S.C6H10/c1-2-3-4-5-6-7-8-9-10-11-12-13;1-2-4-6-5-3-1/h13H,2-12H2,1H3;1-2H,3-6H2. The molecule has 0 atom stereocenters. The number of rotatable bonds is 10. The number of thiol groups is 1. The lowest BCUT2D eigenvalue weighted by Crippen LogP contribution is -1.81. The van der Waals surface area contributed by atoms with Crippen molar-refractivity contribution in [3.63, 3.8) is 0 Å². The smallest absolute Gasteiger partial charge is 0.00979 e. The molecule has 0 aromatic heterocycles. The lowest BCUT2D eigenvalue weighted by atomic mass is 10.1. The summed E-state index contributed by atoms with van der Waals surface area (Å²) in [7, 11) is 0. The Bertz CT molecular complexity index is 157. The van der Waals surface area contributed by atoms with Crippen molar-refractivity contribution in [2.24, 2.45) is 0 Å². The maximum absolute atomic E-state index is 4.20. The second-order valence-electron chi connectivity index (χ2n) is 5.66. The summed E-state index contributed by atoms with van der Waals surface area (Å²) in [5.41, 5.74) is 0. The van der Waals surface area contributed by atoms with Crippen molar-refractivity contribution in [1.82, 2.24) is 0 Å². The van der Waals surface area contributed by atoms with Crippen LogP contribution in [0.2, 0.25) is 0 Å². The molecule has 0 aliphatic heterocycles. The van der Waals surface area contributed by atoms with Crippen LogP contribution in [0, 0.1) is 0 Å². The van der Waals surface area contributed by atoms with Gasteiger partial charge in [-0.25, -0.2) is 0 Å². The fourth-order valence-electron chi connectivity index (χ4n) is 2.36. The summed E-state index contributed by atoms with van der Waals surface area (Å²) in [4.78, 5) is 0. The van der Waals surface area contributed by atoms with Gasteiger partial charge >= 0.3 is 0 Å². The molecule has 0 bridgehead atoms. The molecule has 0 heterocycles. The van der Waals surface area contributed by atoms with Gasteiger partial charge in [-0.1, -0.05) is 76.9 Å². The maximum atomic E-state index is 4.20. The zero-order chi connectivity index (χ0) is 14.0. The SMILES string of the molecule is C1=CCCCC1.CCCCCCCCCCCCS. The molecule has 0 radical (unpaired) electrons. The molecule has 1 heteroatoms. The van der Waals surface area contributed by atoms with E-state index in [0.29, 0.717) is 0 Å². The van der Waals surface area contributed by atoms with Crippen LogP contribution in [0.15, 0.2) is 12.2 Å².